The number of carbonyl (C=O) groups excluding carboxylic acids is 1. The van der Waals surface area contributed by atoms with Crippen molar-refractivity contribution >= 4 is 5.78 Å². The lowest BCUT2D eigenvalue weighted by Gasteiger charge is -2.36. The van der Waals surface area contributed by atoms with Crippen molar-refractivity contribution in [1.82, 2.24) is 5.32 Å². The molecule has 0 saturated carbocycles. The molecule has 2 nitrogen and oxygen atoms in total. The molecule has 1 saturated heterocycles. The van der Waals surface area contributed by atoms with Gasteiger partial charge in [-0.3, -0.25) is 4.79 Å². The van der Waals surface area contributed by atoms with Gasteiger partial charge in [0.15, 0.2) is 17.4 Å². The molecule has 1 aliphatic heterocycles. The summed E-state index contributed by atoms with van der Waals surface area (Å²) in [5.41, 5.74) is -0.835. The molecule has 2 rings (SSSR count). The number of hydrogen-bond acceptors (Lipinski definition) is 2. The highest BCUT2D eigenvalue weighted by Gasteiger charge is 2.38. The molecule has 0 radical (unpaired) electrons. The van der Waals surface area contributed by atoms with E-state index < -0.39 is 17.0 Å². The van der Waals surface area contributed by atoms with Gasteiger partial charge in [0.05, 0.1) is 5.56 Å². The highest BCUT2D eigenvalue weighted by molar-refractivity contribution is 6.00. The number of benzene rings is 1. The van der Waals surface area contributed by atoms with Crippen LogP contribution in [0.15, 0.2) is 18.2 Å². The SMILES string of the molecule is CC(C)(C(=O)c1cccc(F)c1F)C1CCCNC1. The van der Waals surface area contributed by atoms with Crippen LogP contribution in [0.4, 0.5) is 8.78 Å². The Labute approximate surface area is 112 Å². The summed E-state index contributed by atoms with van der Waals surface area (Å²) in [6.07, 6.45) is 1.94. The van der Waals surface area contributed by atoms with Gasteiger partial charge in [-0.05, 0) is 44.0 Å². The van der Waals surface area contributed by atoms with E-state index in [0.717, 1.165) is 32.0 Å². The van der Waals surface area contributed by atoms with Crippen LogP contribution in [0.3, 0.4) is 0 Å². The number of ketones is 1. The lowest BCUT2D eigenvalue weighted by Crippen LogP contribution is -2.42. The normalized spacial score (nSPS) is 20.3. The van der Waals surface area contributed by atoms with Crippen LogP contribution >= 0.6 is 0 Å². The van der Waals surface area contributed by atoms with E-state index in [2.05, 4.69) is 5.32 Å². The summed E-state index contributed by atoms with van der Waals surface area (Å²) in [6.45, 7) is 5.33. The van der Waals surface area contributed by atoms with Crippen LogP contribution in [0.2, 0.25) is 0 Å². The molecule has 104 valence electrons. The minimum atomic E-state index is -1.04. The topological polar surface area (TPSA) is 29.1 Å². The molecule has 1 aliphatic rings. The maximum absolute atomic E-state index is 13.7. The minimum absolute atomic E-state index is 0.143. The molecule has 19 heavy (non-hydrogen) atoms. The van der Waals surface area contributed by atoms with Gasteiger partial charge in [-0.15, -0.1) is 0 Å². The maximum Gasteiger partial charge on any atom is 0.171 e. The number of halogens is 2. The Morgan fingerprint density at radius 2 is 2.11 bits per heavy atom. The van der Waals surface area contributed by atoms with Gasteiger partial charge < -0.3 is 5.32 Å². The molecule has 0 aliphatic carbocycles. The molecule has 0 spiro atoms. The predicted molar refractivity (Wildman–Crippen MR) is 70.1 cm³/mol. The average Bonchev–Trinajstić information content (AvgIpc) is 2.42. The van der Waals surface area contributed by atoms with E-state index in [1.165, 1.54) is 12.1 Å². The first-order valence-electron chi connectivity index (χ1n) is 6.64. The molecule has 0 aromatic heterocycles. The van der Waals surface area contributed by atoms with Crippen molar-refractivity contribution in [1.29, 1.82) is 0 Å². The third kappa shape index (κ3) is 2.68. The third-order valence-electron chi connectivity index (χ3n) is 4.10. The third-order valence-corrected chi connectivity index (χ3v) is 4.10. The Morgan fingerprint density at radius 1 is 1.37 bits per heavy atom. The van der Waals surface area contributed by atoms with Crippen LogP contribution in [-0.2, 0) is 0 Å². The van der Waals surface area contributed by atoms with E-state index in [1.54, 1.807) is 0 Å². The van der Waals surface area contributed by atoms with E-state index >= 15 is 0 Å². The number of Topliss-reactive ketones (excluding diaryl/α,β-unsaturated/α-hetero) is 1. The Kier molecular flexibility index (Phi) is 3.99. The van der Waals surface area contributed by atoms with Crippen molar-refractivity contribution in [3.63, 3.8) is 0 Å². The van der Waals surface area contributed by atoms with Crippen LogP contribution in [0, 0.1) is 23.0 Å². The Bertz CT molecular complexity index is 479. The highest BCUT2D eigenvalue weighted by atomic mass is 19.2. The first kappa shape index (κ1) is 14.1. The molecule has 1 N–H and O–H groups in total. The molecule has 1 unspecified atom stereocenters. The first-order valence-corrected chi connectivity index (χ1v) is 6.64. The van der Waals surface area contributed by atoms with Crippen molar-refractivity contribution in [3.8, 4) is 0 Å². The molecule has 0 amide bonds. The standard InChI is InChI=1S/C15H19F2NO/c1-15(2,10-5-4-8-18-9-10)14(19)11-6-3-7-12(16)13(11)17/h3,6-7,10,18H,4-5,8-9H2,1-2H3. The van der Waals surface area contributed by atoms with Crippen LogP contribution in [-0.4, -0.2) is 18.9 Å². The van der Waals surface area contributed by atoms with E-state index in [9.17, 15) is 13.6 Å². The monoisotopic (exact) mass is 267 g/mol. The molecule has 1 aromatic rings. The van der Waals surface area contributed by atoms with E-state index in [-0.39, 0.29) is 17.3 Å². The van der Waals surface area contributed by atoms with Gasteiger partial charge in [-0.25, -0.2) is 8.78 Å². The lowest BCUT2D eigenvalue weighted by molar-refractivity contribution is 0.0702. The summed E-state index contributed by atoms with van der Waals surface area (Å²) in [4.78, 5) is 12.5. The summed E-state index contributed by atoms with van der Waals surface area (Å²) >= 11 is 0. The van der Waals surface area contributed by atoms with Gasteiger partial charge >= 0.3 is 0 Å². The van der Waals surface area contributed by atoms with Gasteiger partial charge in [-0.2, -0.15) is 0 Å². The second kappa shape index (κ2) is 5.37. The summed E-state index contributed by atoms with van der Waals surface area (Å²) in [7, 11) is 0. The quantitative estimate of drug-likeness (QED) is 0.852. The van der Waals surface area contributed by atoms with Crippen LogP contribution in [0.25, 0.3) is 0 Å². The molecular weight excluding hydrogens is 248 g/mol. The second-order valence-electron chi connectivity index (χ2n) is 5.70. The summed E-state index contributed by atoms with van der Waals surface area (Å²) in [5.74, 6) is -2.18. The molecule has 1 atom stereocenters. The fourth-order valence-electron chi connectivity index (χ4n) is 2.68. The highest BCUT2D eigenvalue weighted by Crippen LogP contribution is 2.35. The summed E-state index contributed by atoms with van der Waals surface area (Å²) in [5, 5.41) is 3.25. The van der Waals surface area contributed by atoms with Crippen LogP contribution in [0.1, 0.15) is 37.0 Å². The smallest absolute Gasteiger partial charge is 0.171 e. The molecule has 1 aromatic carbocycles. The van der Waals surface area contributed by atoms with Crippen molar-refractivity contribution in [2.75, 3.05) is 13.1 Å². The zero-order valence-corrected chi connectivity index (χ0v) is 11.3. The molecule has 4 heteroatoms. The lowest BCUT2D eigenvalue weighted by atomic mass is 9.70. The molecule has 1 fully saturated rings. The molecule has 0 bridgehead atoms. The van der Waals surface area contributed by atoms with Crippen LogP contribution < -0.4 is 5.32 Å². The number of carbonyl (C=O) groups is 1. The fourth-order valence-corrected chi connectivity index (χ4v) is 2.68. The summed E-state index contributed by atoms with van der Waals surface area (Å²) in [6, 6.07) is 3.76. The summed E-state index contributed by atoms with van der Waals surface area (Å²) < 4.78 is 27.0. The van der Waals surface area contributed by atoms with Crippen molar-refractivity contribution in [3.05, 3.63) is 35.4 Å². The van der Waals surface area contributed by atoms with Gasteiger partial charge in [0.2, 0.25) is 0 Å². The zero-order chi connectivity index (χ0) is 14.0. The van der Waals surface area contributed by atoms with E-state index in [0.29, 0.717) is 0 Å². The van der Waals surface area contributed by atoms with Crippen LogP contribution in [0.5, 0.6) is 0 Å². The Balaban J connectivity index is 2.29. The Hall–Kier alpha value is -1.29. The van der Waals surface area contributed by atoms with E-state index in [1.807, 2.05) is 13.8 Å². The zero-order valence-electron chi connectivity index (χ0n) is 11.3. The molecular formula is C15H19F2NO. The van der Waals surface area contributed by atoms with Gasteiger partial charge in [-0.1, -0.05) is 19.9 Å². The van der Waals surface area contributed by atoms with Gasteiger partial charge in [0.1, 0.15) is 0 Å². The second-order valence-corrected chi connectivity index (χ2v) is 5.70. The predicted octanol–water partition coefficient (Wildman–Crippen LogP) is 3.17. The Morgan fingerprint density at radius 3 is 2.74 bits per heavy atom. The van der Waals surface area contributed by atoms with Gasteiger partial charge in [0, 0.05) is 5.41 Å². The minimum Gasteiger partial charge on any atom is -0.316 e. The first-order chi connectivity index (χ1) is 8.94. The number of nitrogens with one attached hydrogen (secondary N) is 1. The van der Waals surface area contributed by atoms with Crippen molar-refractivity contribution in [2.45, 2.75) is 26.7 Å². The molecule has 1 heterocycles. The fraction of sp³-hybridized carbons (Fsp3) is 0.533. The number of hydrogen-bond donors (Lipinski definition) is 1. The van der Waals surface area contributed by atoms with Gasteiger partial charge in [0.25, 0.3) is 0 Å². The van der Waals surface area contributed by atoms with Crippen molar-refractivity contribution < 1.29 is 13.6 Å². The van der Waals surface area contributed by atoms with E-state index in [4.69, 9.17) is 0 Å². The maximum atomic E-state index is 13.7. The average molecular weight is 267 g/mol. The van der Waals surface area contributed by atoms with Crippen molar-refractivity contribution in [2.24, 2.45) is 11.3 Å². The number of piperidine rings is 1. The number of rotatable bonds is 3. The largest absolute Gasteiger partial charge is 0.316 e.